The fourth-order valence-electron chi connectivity index (χ4n) is 1.44. The van der Waals surface area contributed by atoms with Crippen LogP contribution in [0.2, 0.25) is 0 Å². The molecule has 1 aliphatic rings. The number of amides is 1. The number of hydrogen-bond donors (Lipinski definition) is 0. The van der Waals surface area contributed by atoms with Gasteiger partial charge in [-0.2, -0.15) is 0 Å². The van der Waals surface area contributed by atoms with E-state index in [9.17, 15) is 19.2 Å². The third kappa shape index (κ3) is 3.29. The van der Waals surface area contributed by atoms with Gasteiger partial charge in [0.2, 0.25) is 11.7 Å². The number of hydrogen-bond acceptors (Lipinski definition) is 6. The molecule has 1 heterocycles. The Hall–Kier alpha value is -1.37. The first kappa shape index (κ1) is 13.7. The van der Waals surface area contributed by atoms with E-state index in [2.05, 4.69) is 4.74 Å². The number of thioether (sulfide) groups is 1. The topological polar surface area (TPSA) is 80.8 Å². The monoisotopic (exact) mass is 259 g/mol. The summed E-state index contributed by atoms with van der Waals surface area (Å²) in [4.78, 5) is 45.9. The second-order valence-electron chi connectivity index (χ2n) is 3.55. The number of carbonyl (C=O) groups excluding carboxylic acids is 4. The van der Waals surface area contributed by atoms with E-state index in [1.807, 2.05) is 6.26 Å². The molecule has 0 aromatic heterocycles. The van der Waals surface area contributed by atoms with E-state index in [4.69, 9.17) is 0 Å². The van der Waals surface area contributed by atoms with Crippen molar-refractivity contribution in [2.75, 3.05) is 19.9 Å². The van der Waals surface area contributed by atoms with Crippen LogP contribution >= 0.6 is 11.8 Å². The highest BCUT2D eigenvalue weighted by atomic mass is 32.2. The fraction of sp³-hybridized carbons (Fsp3) is 0.600. The zero-order valence-electron chi connectivity index (χ0n) is 9.60. The molecule has 0 bridgehead atoms. The molecule has 17 heavy (non-hydrogen) atoms. The number of nitrogens with zero attached hydrogens (tertiary/aromatic N) is 1. The molecule has 1 saturated heterocycles. The van der Waals surface area contributed by atoms with Gasteiger partial charge in [-0.05, 0) is 6.26 Å². The molecule has 1 unspecified atom stereocenters. The number of β-lactam (4-membered cyclic amide) rings is 1. The number of ketones is 2. The van der Waals surface area contributed by atoms with Gasteiger partial charge < -0.3 is 9.64 Å². The Labute approximate surface area is 103 Å². The molecular formula is C10H13NO5S. The molecule has 1 fully saturated rings. The minimum absolute atomic E-state index is 0.000297. The minimum atomic E-state index is -1.03. The van der Waals surface area contributed by atoms with Gasteiger partial charge in [0.1, 0.15) is 0 Å². The average Bonchev–Trinajstić information content (AvgIpc) is 2.31. The van der Waals surface area contributed by atoms with Crippen LogP contribution in [-0.4, -0.2) is 53.6 Å². The van der Waals surface area contributed by atoms with E-state index in [-0.39, 0.29) is 17.8 Å². The molecule has 1 aliphatic heterocycles. The largest absolute Gasteiger partial charge is 0.463 e. The number of likely N-dealkylation sites (tertiary alicyclic amines) is 1. The predicted molar refractivity (Wildman–Crippen MR) is 60.3 cm³/mol. The van der Waals surface area contributed by atoms with Gasteiger partial charge >= 0.3 is 5.97 Å². The molecule has 0 N–H and O–H groups in total. The van der Waals surface area contributed by atoms with Gasteiger partial charge in [-0.3, -0.25) is 14.4 Å². The van der Waals surface area contributed by atoms with E-state index in [1.54, 1.807) is 0 Å². The number of methoxy groups -OCH3 is 1. The van der Waals surface area contributed by atoms with Crippen LogP contribution in [0.15, 0.2) is 0 Å². The molecule has 1 rings (SSSR count). The molecule has 0 radical (unpaired) electrons. The van der Waals surface area contributed by atoms with Crippen molar-refractivity contribution >= 4 is 35.2 Å². The smallest absolute Gasteiger partial charge is 0.374 e. The second kappa shape index (κ2) is 5.81. The van der Waals surface area contributed by atoms with Crippen molar-refractivity contribution in [2.45, 2.75) is 18.2 Å². The van der Waals surface area contributed by atoms with E-state index in [0.29, 0.717) is 6.42 Å². The molecule has 0 aromatic rings. The lowest BCUT2D eigenvalue weighted by atomic mass is 10.1. The maximum absolute atomic E-state index is 11.5. The Bertz CT molecular complexity index is 368. The van der Waals surface area contributed by atoms with Gasteiger partial charge in [0.05, 0.1) is 31.9 Å². The molecule has 0 aromatic carbocycles. The van der Waals surface area contributed by atoms with Crippen molar-refractivity contribution in [3.8, 4) is 0 Å². The van der Waals surface area contributed by atoms with Crippen LogP contribution in [0.5, 0.6) is 0 Å². The van der Waals surface area contributed by atoms with Gasteiger partial charge in [0, 0.05) is 0 Å². The first-order valence-electron chi connectivity index (χ1n) is 4.94. The number of Topliss-reactive ketones (excluding diaryl/α,β-unsaturated/α-hetero) is 2. The van der Waals surface area contributed by atoms with Crippen LogP contribution in [-0.2, 0) is 23.9 Å². The lowest BCUT2D eigenvalue weighted by Gasteiger charge is -2.38. The third-order valence-corrected chi connectivity index (χ3v) is 3.37. The number of ether oxygens (including phenoxy) is 1. The van der Waals surface area contributed by atoms with Crippen LogP contribution in [0.1, 0.15) is 12.8 Å². The van der Waals surface area contributed by atoms with Crippen molar-refractivity contribution in [3.63, 3.8) is 0 Å². The summed E-state index contributed by atoms with van der Waals surface area (Å²) in [5.74, 6) is -2.48. The van der Waals surface area contributed by atoms with Gasteiger partial charge in [-0.1, -0.05) is 0 Å². The molecular weight excluding hydrogens is 246 g/mol. The normalized spacial score (nSPS) is 18.6. The maximum atomic E-state index is 11.5. The molecule has 1 atom stereocenters. The maximum Gasteiger partial charge on any atom is 0.374 e. The molecule has 7 heteroatoms. The molecule has 0 saturated carbocycles. The zero-order valence-corrected chi connectivity index (χ0v) is 10.4. The van der Waals surface area contributed by atoms with E-state index < -0.39 is 24.0 Å². The second-order valence-corrected chi connectivity index (χ2v) is 4.56. The molecule has 0 aliphatic carbocycles. The number of rotatable bonds is 6. The fourth-order valence-corrected chi connectivity index (χ4v) is 2.19. The van der Waals surface area contributed by atoms with Crippen LogP contribution in [0, 0.1) is 0 Å². The Balaban J connectivity index is 2.42. The number of carbonyl (C=O) groups is 4. The lowest BCUT2D eigenvalue weighted by molar-refractivity contribution is -0.153. The molecule has 94 valence electrons. The minimum Gasteiger partial charge on any atom is -0.463 e. The SMILES string of the molecule is COC(=O)C(=O)CC(=O)CN1C(=O)CC1SC. The standard InChI is InChI=1S/C10H13NO5S/c1-16-10(15)7(13)3-6(12)5-11-8(14)4-9(11)17-2/h9H,3-5H2,1-2H3. The highest BCUT2D eigenvalue weighted by Crippen LogP contribution is 2.27. The van der Waals surface area contributed by atoms with Crippen LogP contribution in [0.3, 0.4) is 0 Å². The van der Waals surface area contributed by atoms with Gasteiger partial charge in [-0.25, -0.2) is 4.79 Å². The highest BCUT2D eigenvalue weighted by Gasteiger charge is 2.36. The van der Waals surface area contributed by atoms with E-state index in [0.717, 1.165) is 7.11 Å². The van der Waals surface area contributed by atoms with Crippen molar-refractivity contribution < 1.29 is 23.9 Å². The lowest BCUT2D eigenvalue weighted by Crippen LogP contribution is -2.52. The van der Waals surface area contributed by atoms with Crippen molar-refractivity contribution in [1.29, 1.82) is 0 Å². The van der Waals surface area contributed by atoms with Crippen molar-refractivity contribution in [2.24, 2.45) is 0 Å². The summed E-state index contributed by atoms with van der Waals surface area (Å²) in [6, 6.07) is 0. The van der Waals surface area contributed by atoms with Crippen LogP contribution in [0.4, 0.5) is 0 Å². The van der Waals surface area contributed by atoms with E-state index in [1.165, 1.54) is 16.7 Å². The highest BCUT2D eigenvalue weighted by molar-refractivity contribution is 7.99. The summed E-state index contributed by atoms with van der Waals surface area (Å²) in [6.45, 7) is -0.118. The predicted octanol–water partition coefficient (Wildman–Crippen LogP) is -0.391. The Kier molecular flexibility index (Phi) is 4.68. The Morgan fingerprint density at radius 2 is 2.12 bits per heavy atom. The summed E-state index contributed by atoms with van der Waals surface area (Å²) in [5, 5.41) is -0.000297. The zero-order chi connectivity index (χ0) is 13.0. The van der Waals surface area contributed by atoms with Crippen molar-refractivity contribution in [1.82, 2.24) is 4.90 Å². The first-order chi connectivity index (χ1) is 7.99. The van der Waals surface area contributed by atoms with Crippen LogP contribution in [0.25, 0.3) is 0 Å². The summed E-state index contributed by atoms with van der Waals surface area (Å²) in [6.07, 6.45) is 1.74. The van der Waals surface area contributed by atoms with Gasteiger partial charge in [0.15, 0.2) is 5.78 Å². The Morgan fingerprint density at radius 3 is 2.59 bits per heavy atom. The Morgan fingerprint density at radius 1 is 1.47 bits per heavy atom. The van der Waals surface area contributed by atoms with Gasteiger partial charge in [0.25, 0.3) is 0 Å². The average molecular weight is 259 g/mol. The quantitative estimate of drug-likeness (QED) is 0.280. The number of esters is 1. The van der Waals surface area contributed by atoms with Crippen LogP contribution < -0.4 is 0 Å². The summed E-state index contributed by atoms with van der Waals surface area (Å²) in [5.41, 5.74) is 0. The first-order valence-corrected chi connectivity index (χ1v) is 6.23. The summed E-state index contributed by atoms with van der Waals surface area (Å²) in [7, 11) is 1.08. The summed E-state index contributed by atoms with van der Waals surface area (Å²) < 4.78 is 4.20. The third-order valence-electron chi connectivity index (χ3n) is 2.41. The molecule has 0 spiro atoms. The molecule has 6 nitrogen and oxygen atoms in total. The molecule has 1 amide bonds. The van der Waals surface area contributed by atoms with E-state index >= 15 is 0 Å². The van der Waals surface area contributed by atoms with Gasteiger partial charge in [-0.15, -0.1) is 11.8 Å². The van der Waals surface area contributed by atoms with Crippen molar-refractivity contribution in [3.05, 3.63) is 0 Å². The summed E-state index contributed by atoms with van der Waals surface area (Å²) >= 11 is 1.47.